The lowest BCUT2D eigenvalue weighted by atomic mass is 10.1. The highest BCUT2D eigenvalue weighted by Crippen LogP contribution is 2.22. The summed E-state index contributed by atoms with van der Waals surface area (Å²) < 4.78 is 0. The summed E-state index contributed by atoms with van der Waals surface area (Å²) in [6.07, 6.45) is 0. The lowest BCUT2D eigenvalue weighted by Gasteiger charge is -1.98. The number of hydrogen-bond donors (Lipinski definition) is 2. The van der Waals surface area contributed by atoms with Gasteiger partial charge in [-0.05, 0) is 38.1 Å². The number of nitrogens with one attached hydrogen (secondary N) is 2. The maximum Gasteiger partial charge on any atom is 0.0488 e. The highest BCUT2D eigenvalue weighted by Gasteiger charge is 2.04. The van der Waals surface area contributed by atoms with Crippen LogP contribution in [-0.2, 0) is 6.54 Å². The molecule has 74 valence electrons. The molecule has 0 saturated heterocycles. The molecule has 0 aliphatic carbocycles. The fourth-order valence-electron chi connectivity index (χ4n) is 1.84. The topological polar surface area (TPSA) is 27.8 Å². The second-order valence-electron chi connectivity index (χ2n) is 3.81. The van der Waals surface area contributed by atoms with E-state index in [4.69, 9.17) is 0 Å². The van der Waals surface area contributed by atoms with Crippen LogP contribution in [0.2, 0.25) is 0 Å². The zero-order chi connectivity index (χ0) is 10.1. The number of benzene rings is 1. The molecule has 2 nitrogen and oxygen atoms in total. The maximum absolute atomic E-state index is 3.44. The van der Waals surface area contributed by atoms with Gasteiger partial charge in [-0.1, -0.05) is 12.1 Å². The van der Waals surface area contributed by atoms with Crippen LogP contribution in [0.1, 0.15) is 16.8 Å². The first-order valence-electron chi connectivity index (χ1n) is 4.95. The van der Waals surface area contributed by atoms with Gasteiger partial charge in [0.25, 0.3) is 0 Å². The van der Waals surface area contributed by atoms with Crippen LogP contribution in [0, 0.1) is 13.8 Å². The van der Waals surface area contributed by atoms with Gasteiger partial charge in [0.15, 0.2) is 0 Å². The van der Waals surface area contributed by atoms with Gasteiger partial charge < -0.3 is 10.3 Å². The Morgan fingerprint density at radius 1 is 1.21 bits per heavy atom. The third-order valence-electron chi connectivity index (χ3n) is 2.64. The zero-order valence-electron chi connectivity index (χ0n) is 8.94. The van der Waals surface area contributed by atoms with Crippen molar-refractivity contribution in [3.05, 3.63) is 35.0 Å². The van der Waals surface area contributed by atoms with Gasteiger partial charge in [0.1, 0.15) is 0 Å². The van der Waals surface area contributed by atoms with Crippen molar-refractivity contribution < 1.29 is 0 Å². The molecule has 14 heavy (non-hydrogen) atoms. The number of aryl methyl sites for hydroxylation is 2. The third-order valence-corrected chi connectivity index (χ3v) is 2.64. The van der Waals surface area contributed by atoms with E-state index >= 15 is 0 Å². The molecule has 0 aliphatic heterocycles. The SMILES string of the molecule is CNCc1cc2c(C)ccc(C)c2[nH]1. The normalized spacial score (nSPS) is 11.1. The lowest BCUT2D eigenvalue weighted by Crippen LogP contribution is -2.04. The summed E-state index contributed by atoms with van der Waals surface area (Å²) in [6, 6.07) is 6.57. The van der Waals surface area contributed by atoms with Crippen LogP contribution in [0.5, 0.6) is 0 Å². The van der Waals surface area contributed by atoms with Crippen LogP contribution in [0.3, 0.4) is 0 Å². The van der Waals surface area contributed by atoms with Gasteiger partial charge in [-0.25, -0.2) is 0 Å². The predicted molar refractivity (Wildman–Crippen MR) is 60.5 cm³/mol. The van der Waals surface area contributed by atoms with Crippen molar-refractivity contribution in [1.82, 2.24) is 10.3 Å². The Morgan fingerprint density at radius 2 is 1.93 bits per heavy atom. The van der Waals surface area contributed by atoms with Gasteiger partial charge in [0, 0.05) is 23.1 Å². The summed E-state index contributed by atoms with van der Waals surface area (Å²) in [4.78, 5) is 3.44. The van der Waals surface area contributed by atoms with E-state index in [2.05, 4.69) is 42.3 Å². The quantitative estimate of drug-likeness (QED) is 0.744. The minimum absolute atomic E-state index is 0.896. The van der Waals surface area contributed by atoms with Crippen LogP contribution in [0.4, 0.5) is 0 Å². The molecule has 2 rings (SSSR count). The van der Waals surface area contributed by atoms with Crippen LogP contribution < -0.4 is 5.32 Å². The summed E-state index contributed by atoms with van der Waals surface area (Å²) in [5, 5.41) is 4.50. The van der Waals surface area contributed by atoms with Crippen LogP contribution >= 0.6 is 0 Å². The highest BCUT2D eigenvalue weighted by molar-refractivity contribution is 5.86. The Balaban J connectivity index is 2.63. The molecule has 2 heteroatoms. The third kappa shape index (κ3) is 1.42. The molecule has 1 heterocycles. The molecule has 0 amide bonds. The van der Waals surface area contributed by atoms with Gasteiger partial charge >= 0.3 is 0 Å². The standard InChI is InChI=1S/C12H16N2/c1-8-4-5-9(2)12-11(8)6-10(14-12)7-13-3/h4-6,13-14H,7H2,1-3H3. The second kappa shape index (κ2) is 3.46. The Hall–Kier alpha value is -1.28. The molecule has 0 saturated carbocycles. The number of aromatic amines is 1. The first-order valence-corrected chi connectivity index (χ1v) is 4.95. The van der Waals surface area contributed by atoms with E-state index in [0.29, 0.717) is 0 Å². The molecule has 0 bridgehead atoms. The van der Waals surface area contributed by atoms with Gasteiger partial charge in [-0.3, -0.25) is 0 Å². The largest absolute Gasteiger partial charge is 0.357 e. The van der Waals surface area contributed by atoms with Crippen molar-refractivity contribution in [2.24, 2.45) is 0 Å². The molecule has 0 atom stereocenters. The molecule has 0 radical (unpaired) electrons. The van der Waals surface area contributed by atoms with E-state index in [-0.39, 0.29) is 0 Å². The Kier molecular flexibility index (Phi) is 2.30. The number of fused-ring (bicyclic) bond motifs is 1. The van der Waals surface area contributed by atoms with Crippen LogP contribution in [0.15, 0.2) is 18.2 Å². The van der Waals surface area contributed by atoms with E-state index < -0.39 is 0 Å². The summed E-state index contributed by atoms with van der Waals surface area (Å²) >= 11 is 0. The number of rotatable bonds is 2. The molecule has 0 unspecified atom stereocenters. The van der Waals surface area contributed by atoms with Gasteiger partial charge in [-0.2, -0.15) is 0 Å². The molecule has 2 N–H and O–H groups in total. The average Bonchev–Trinajstić information content (AvgIpc) is 2.57. The maximum atomic E-state index is 3.44. The van der Waals surface area contributed by atoms with Crippen molar-refractivity contribution in [3.63, 3.8) is 0 Å². The Labute approximate surface area is 84.3 Å². The average molecular weight is 188 g/mol. The van der Waals surface area contributed by atoms with Crippen molar-refractivity contribution >= 4 is 10.9 Å². The van der Waals surface area contributed by atoms with Gasteiger partial charge in [0.05, 0.1) is 0 Å². The second-order valence-corrected chi connectivity index (χ2v) is 3.81. The van der Waals surface area contributed by atoms with E-state index in [1.807, 2.05) is 7.05 Å². The van der Waals surface area contributed by atoms with E-state index in [0.717, 1.165) is 6.54 Å². The minimum atomic E-state index is 0.896. The van der Waals surface area contributed by atoms with Crippen molar-refractivity contribution in [2.45, 2.75) is 20.4 Å². The molecular weight excluding hydrogens is 172 g/mol. The Morgan fingerprint density at radius 3 is 2.57 bits per heavy atom. The fourth-order valence-corrected chi connectivity index (χ4v) is 1.84. The number of aromatic nitrogens is 1. The van der Waals surface area contributed by atoms with Crippen LogP contribution in [0.25, 0.3) is 10.9 Å². The van der Waals surface area contributed by atoms with Crippen molar-refractivity contribution in [1.29, 1.82) is 0 Å². The predicted octanol–water partition coefficient (Wildman–Crippen LogP) is 2.50. The molecule has 0 fully saturated rings. The van der Waals surface area contributed by atoms with Crippen molar-refractivity contribution in [2.75, 3.05) is 7.05 Å². The molecule has 2 aromatic rings. The van der Waals surface area contributed by atoms with E-state index in [1.165, 1.54) is 27.7 Å². The lowest BCUT2D eigenvalue weighted by molar-refractivity contribution is 0.799. The van der Waals surface area contributed by atoms with E-state index in [1.54, 1.807) is 0 Å². The fraction of sp³-hybridized carbons (Fsp3) is 0.333. The Bertz CT molecular complexity index is 416. The number of hydrogen-bond acceptors (Lipinski definition) is 1. The molecular formula is C12H16N2. The molecule has 1 aromatic heterocycles. The summed E-state index contributed by atoms with van der Waals surface area (Å²) in [5.74, 6) is 0. The summed E-state index contributed by atoms with van der Waals surface area (Å²) in [7, 11) is 1.96. The van der Waals surface area contributed by atoms with Crippen LogP contribution in [-0.4, -0.2) is 12.0 Å². The summed E-state index contributed by atoms with van der Waals surface area (Å²) in [5.41, 5.74) is 5.17. The molecule has 0 aliphatic rings. The number of H-pyrrole nitrogens is 1. The minimum Gasteiger partial charge on any atom is -0.357 e. The molecule has 1 aromatic carbocycles. The highest BCUT2D eigenvalue weighted by atomic mass is 14.9. The van der Waals surface area contributed by atoms with Crippen molar-refractivity contribution in [3.8, 4) is 0 Å². The molecule has 0 spiro atoms. The van der Waals surface area contributed by atoms with Gasteiger partial charge in [-0.15, -0.1) is 0 Å². The first-order chi connectivity index (χ1) is 6.72. The summed E-state index contributed by atoms with van der Waals surface area (Å²) in [6.45, 7) is 5.19. The first kappa shape index (κ1) is 9.28. The van der Waals surface area contributed by atoms with Gasteiger partial charge in [0.2, 0.25) is 0 Å². The zero-order valence-corrected chi connectivity index (χ0v) is 8.94. The smallest absolute Gasteiger partial charge is 0.0488 e. The monoisotopic (exact) mass is 188 g/mol. The van der Waals surface area contributed by atoms with E-state index in [9.17, 15) is 0 Å².